The molecule has 3 aliphatic rings. The maximum absolute atomic E-state index is 13.8. The molecule has 52 heavy (non-hydrogen) atoms. The monoisotopic (exact) mass is 759 g/mol. The van der Waals surface area contributed by atoms with E-state index < -0.39 is 59.8 Å². The molecule has 0 bridgehead atoms. The quantitative estimate of drug-likeness (QED) is 0.148. The van der Waals surface area contributed by atoms with Crippen LogP contribution >= 0.6 is 11.6 Å². The van der Waals surface area contributed by atoms with Gasteiger partial charge < -0.3 is 40.9 Å². The summed E-state index contributed by atoms with van der Waals surface area (Å²) in [5.41, 5.74) is -1.80. The summed E-state index contributed by atoms with van der Waals surface area (Å²) in [5.74, 6) is -4.77. The molecule has 1 aromatic carbocycles. The average Bonchev–Trinajstić information content (AvgIpc) is 3.47. The van der Waals surface area contributed by atoms with Gasteiger partial charge in [0.15, 0.2) is 11.5 Å². The van der Waals surface area contributed by atoms with E-state index in [1.54, 1.807) is 4.90 Å². The second-order valence-corrected chi connectivity index (χ2v) is 12.9. The van der Waals surface area contributed by atoms with E-state index in [0.717, 1.165) is 29.8 Å². The number of rotatable bonds is 8. The first-order valence-electron chi connectivity index (χ1n) is 16.0. The van der Waals surface area contributed by atoms with Crippen molar-refractivity contribution in [2.45, 2.75) is 62.0 Å². The first kappa shape index (κ1) is 38.4. The van der Waals surface area contributed by atoms with Crippen LogP contribution in [0.25, 0.3) is 11.3 Å². The molecule has 6 N–H and O–H groups in total. The number of aliphatic hydroxyl groups excluding tert-OH is 1. The molecule has 6 rings (SSSR count). The van der Waals surface area contributed by atoms with Crippen molar-refractivity contribution in [3.8, 4) is 11.3 Å². The van der Waals surface area contributed by atoms with Crippen LogP contribution in [0.3, 0.4) is 0 Å². The molecular formula is C31H35ClF5N9O6. The van der Waals surface area contributed by atoms with E-state index in [0.29, 0.717) is 30.7 Å². The number of carbonyl (C=O) groups is 4. The van der Waals surface area contributed by atoms with Gasteiger partial charge in [0.1, 0.15) is 6.04 Å². The Morgan fingerprint density at radius 2 is 1.88 bits per heavy atom. The van der Waals surface area contributed by atoms with Gasteiger partial charge in [-0.1, -0.05) is 11.6 Å². The summed E-state index contributed by atoms with van der Waals surface area (Å²) in [6.07, 6.45) is -2.03. The highest BCUT2D eigenvalue weighted by Gasteiger charge is 2.59. The standard InChI is InChI=1S/C30H33ClF5N9O4.CH2O2/c1-43-21(18-14-45(23-9-29(23,32)33)42-24(18)30(34,35)36)12-38-25(43)27(48)40-15-5-6-17(19(31)8-15)26(47)39-10-16-4-2-3-7-44(16)28(49)41-20-11-37-13-22(20)46;2-1-3/h5-6,8,12,14,16,20,22-23,37,46H,2-4,7,9-11,13H2,1H3,(H,39,47)(H,40,48)(H,41,49);1H,(H,2,3)/t16?,20-,22-,23?;/m0./s1. The molecule has 15 nitrogen and oxygen atoms in total. The van der Waals surface area contributed by atoms with E-state index >= 15 is 0 Å². The van der Waals surface area contributed by atoms with E-state index in [-0.39, 0.29) is 52.9 Å². The Kier molecular flexibility index (Phi) is 11.4. The molecule has 0 radical (unpaired) electrons. The number of halogens is 6. The van der Waals surface area contributed by atoms with Gasteiger partial charge in [0.2, 0.25) is 0 Å². The maximum Gasteiger partial charge on any atom is 0.435 e. The molecule has 2 saturated heterocycles. The highest BCUT2D eigenvalue weighted by molar-refractivity contribution is 6.34. The fourth-order valence-electron chi connectivity index (χ4n) is 6.11. The third kappa shape index (κ3) is 8.45. The molecule has 2 aliphatic heterocycles. The number of carboxylic acid groups (broad SMARTS) is 1. The number of amides is 4. The number of hydrogen-bond acceptors (Lipinski definition) is 8. The van der Waals surface area contributed by atoms with Crippen molar-refractivity contribution in [2.75, 3.05) is 31.5 Å². The normalized spacial score (nSPS) is 22.2. The molecule has 4 amide bonds. The second kappa shape index (κ2) is 15.4. The zero-order valence-electron chi connectivity index (χ0n) is 27.5. The van der Waals surface area contributed by atoms with Crippen molar-refractivity contribution in [1.29, 1.82) is 0 Å². The Balaban J connectivity index is 0.00000168. The van der Waals surface area contributed by atoms with Crippen molar-refractivity contribution in [2.24, 2.45) is 7.05 Å². The highest BCUT2D eigenvalue weighted by atomic mass is 35.5. The lowest BCUT2D eigenvalue weighted by molar-refractivity contribution is -0.141. The molecule has 282 valence electrons. The minimum atomic E-state index is -4.95. The molecular weight excluding hydrogens is 725 g/mol. The lowest BCUT2D eigenvalue weighted by atomic mass is 10.0. The van der Waals surface area contributed by atoms with Crippen LogP contribution in [0.2, 0.25) is 5.02 Å². The number of alkyl halides is 5. The predicted octanol–water partition coefficient (Wildman–Crippen LogP) is 3.12. The number of likely N-dealkylation sites (tertiary alicyclic amines) is 1. The average molecular weight is 760 g/mol. The number of aromatic nitrogens is 4. The number of piperidine rings is 1. The van der Waals surface area contributed by atoms with Crippen molar-refractivity contribution >= 4 is 41.6 Å². The van der Waals surface area contributed by atoms with Crippen LogP contribution in [0, 0.1) is 0 Å². The molecule has 3 aromatic rings. The zero-order valence-corrected chi connectivity index (χ0v) is 28.2. The number of nitrogens with zero attached hydrogens (tertiary/aromatic N) is 5. The van der Waals surface area contributed by atoms with Gasteiger partial charge >= 0.3 is 12.2 Å². The first-order valence-corrected chi connectivity index (χ1v) is 16.4. The maximum atomic E-state index is 13.8. The van der Waals surface area contributed by atoms with E-state index in [2.05, 4.69) is 31.3 Å². The Morgan fingerprint density at radius 3 is 2.50 bits per heavy atom. The van der Waals surface area contributed by atoms with E-state index in [1.165, 1.54) is 25.2 Å². The van der Waals surface area contributed by atoms with Crippen LogP contribution < -0.4 is 21.3 Å². The van der Waals surface area contributed by atoms with Gasteiger partial charge in [0.25, 0.3) is 24.2 Å². The molecule has 4 atom stereocenters. The molecule has 2 unspecified atom stereocenters. The van der Waals surface area contributed by atoms with Gasteiger partial charge in [-0.2, -0.15) is 18.3 Å². The van der Waals surface area contributed by atoms with Gasteiger partial charge in [0, 0.05) is 51.5 Å². The van der Waals surface area contributed by atoms with E-state index in [1.807, 2.05) is 0 Å². The number of carbonyl (C=O) groups excluding carboxylic acids is 3. The van der Waals surface area contributed by atoms with Gasteiger partial charge in [-0.05, 0) is 37.5 Å². The van der Waals surface area contributed by atoms with Crippen LogP contribution in [0.5, 0.6) is 0 Å². The lowest BCUT2D eigenvalue weighted by Gasteiger charge is -2.36. The van der Waals surface area contributed by atoms with Crippen LogP contribution in [-0.4, -0.2) is 109 Å². The molecule has 1 saturated carbocycles. The van der Waals surface area contributed by atoms with E-state index in [9.17, 15) is 41.4 Å². The number of nitrogens with one attached hydrogen (secondary N) is 4. The molecule has 21 heteroatoms. The summed E-state index contributed by atoms with van der Waals surface area (Å²) < 4.78 is 70.1. The van der Waals surface area contributed by atoms with Crippen LogP contribution in [-0.2, 0) is 18.0 Å². The third-order valence-corrected chi connectivity index (χ3v) is 9.24. The largest absolute Gasteiger partial charge is 0.483 e. The topological polar surface area (TPSA) is 196 Å². The number of benzene rings is 1. The third-order valence-electron chi connectivity index (χ3n) is 8.93. The van der Waals surface area contributed by atoms with E-state index in [4.69, 9.17) is 21.5 Å². The minimum absolute atomic E-state index is 0.00379. The molecule has 3 fully saturated rings. The van der Waals surface area contributed by atoms with Crippen LogP contribution in [0.4, 0.5) is 32.4 Å². The summed E-state index contributed by atoms with van der Waals surface area (Å²) in [7, 11) is 1.30. The SMILES string of the molecule is Cn1c(-c2cn(C3CC3(F)F)nc2C(F)(F)F)cnc1C(=O)Nc1ccc(C(=O)NCC2CCCCN2C(=O)N[C@H]2CNC[C@@H]2O)c(Cl)c1.O=CO. The van der Waals surface area contributed by atoms with Gasteiger partial charge in [-0.3, -0.25) is 19.1 Å². The summed E-state index contributed by atoms with van der Waals surface area (Å²) >= 11 is 6.39. The summed E-state index contributed by atoms with van der Waals surface area (Å²) in [4.78, 5) is 53.0. The van der Waals surface area contributed by atoms with Crippen LogP contribution in [0.15, 0.2) is 30.6 Å². The minimum Gasteiger partial charge on any atom is -0.483 e. The first-order chi connectivity index (χ1) is 24.5. The number of imidazole rings is 1. The summed E-state index contributed by atoms with van der Waals surface area (Å²) in [6.45, 7) is 1.26. The molecule has 0 spiro atoms. The van der Waals surface area contributed by atoms with Crippen LogP contribution in [0.1, 0.15) is 58.4 Å². The summed E-state index contributed by atoms with van der Waals surface area (Å²) in [6, 6.07) is 1.63. The molecule has 2 aromatic heterocycles. The lowest BCUT2D eigenvalue weighted by Crippen LogP contribution is -2.56. The Bertz CT molecular complexity index is 1820. The smallest absolute Gasteiger partial charge is 0.435 e. The summed E-state index contributed by atoms with van der Waals surface area (Å²) in [5, 5.41) is 31.5. The van der Waals surface area contributed by atoms with Gasteiger partial charge in [-0.15, -0.1) is 0 Å². The number of urea groups is 1. The van der Waals surface area contributed by atoms with Gasteiger partial charge in [0.05, 0.1) is 46.2 Å². The number of aliphatic hydroxyl groups is 1. The Labute approximate surface area is 297 Å². The molecule has 4 heterocycles. The predicted molar refractivity (Wildman–Crippen MR) is 174 cm³/mol. The van der Waals surface area contributed by atoms with Gasteiger partial charge in [-0.25, -0.2) is 18.6 Å². The zero-order chi connectivity index (χ0) is 38.0. The highest BCUT2D eigenvalue weighted by Crippen LogP contribution is 2.53. The molecule has 1 aliphatic carbocycles. The number of anilines is 1. The number of hydrogen-bond donors (Lipinski definition) is 6. The second-order valence-electron chi connectivity index (χ2n) is 12.5. The fourth-order valence-corrected chi connectivity index (χ4v) is 6.37. The Morgan fingerprint density at radius 1 is 1.17 bits per heavy atom. The Hall–Kier alpha value is -4.82. The van der Waals surface area contributed by atoms with Crippen molar-refractivity contribution in [1.82, 2.24) is 40.2 Å². The van der Waals surface area contributed by atoms with Crippen molar-refractivity contribution < 1.29 is 51.3 Å². The van der Waals surface area contributed by atoms with Crippen molar-refractivity contribution in [3.63, 3.8) is 0 Å². The van der Waals surface area contributed by atoms with Crippen molar-refractivity contribution in [3.05, 3.63) is 52.7 Å². The fraction of sp³-hybridized carbons (Fsp3) is 0.484. The number of β-amino-alcohol motifs (C(OH)–C–C–N with tert-alkyl or cyclic N) is 1.